The molecule has 1 aromatic carbocycles. The second-order valence-corrected chi connectivity index (χ2v) is 5.70. The minimum Gasteiger partial charge on any atom is -0.350 e. The van der Waals surface area contributed by atoms with Crippen molar-refractivity contribution in [2.24, 2.45) is 5.92 Å². The van der Waals surface area contributed by atoms with Crippen molar-refractivity contribution in [3.63, 3.8) is 0 Å². The van der Waals surface area contributed by atoms with Gasteiger partial charge in [-0.2, -0.15) is 0 Å². The van der Waals surface area contributed by atoms with Gasteiger partial charge in [-0.25, -0.2) is 0 Å². The Morgan fingerprint density at radius 1 is 1.17 bits per heavy atom. The zero-order chi connectivity index (χ0) is 16.1. The fraction of sp³-hybridized carbons (Fsp3) is 0.278. The van der Waals surface area contributed by atoms with Crippen LogP contribution in [-0.4, -0.2) is 28.2 Å². The van der Waals surface area contributed by atoms with Gasteiger partial charge >= 0.3 is 0 Å². The Morgan fingerprint density at radius 3 is 2.70 bits per heavy atom. The molecular formula is C18H19N3O2. The topological polar surface area (TPSA) is 62.3 Å². The van der Waals surface area contributed by atoms with E-state index >= 15 is 0 Å². The van der Waals surface area contributed by atoms with Crippen molar-refractivity contribution in [2.45, 2.75) is 19.5 Å². The van der Waals surface area contributed by atoms with Crippen LogP contribution >= 0.6 is 0 Å². The summed E-state index contributed by atoms with van der Waals surface area (Å²) in [5.41, 5.74) is 1.89. The number of amides is 2. The molecule has 1 N–H and O–H groups in total. The third-order valence-electron chi connectivity index (χ3n) is 3.97. The molecule has 0 bridgehead atoms. The lowest BCUT2D eigenvalue weighted by molar-refractivity contribution is -0.129. The number of nitrogens with one attached hydrogen (secondary N) is 1. The van der Waals surface area contributed by atoms with E-state index in [-0.39, 0.29) is 24.2 Å². The van der Waals surface area contributed by atoms with E-state index in [0.717, 1.165) is 11.3 Å². The number of pyridine rings is 1. The molecule has 1 aromatic heterocycles. The molecule has 5 nitrogen and oxygen atoms in total. The van der Waals surface area contributed by atoms with Gasteiger partial charge in [0.05, 0.1) is 18.2 Å². The van der Waals surface area contributed by atoms with Crippen LogP contribution in [0.5, 0.6) is 0 Å². The van der Waals surface area contributed by atoms with Crippen molar-refractivity contribution < 1.29 is 9.59 Å². The Balaban J connectivity index is 1.53. The fourth-order valence-corrected chi connectivity index (χ4v) is 2.73. The van der Waals surface area contributed by atoms with Gasteiger partial charge in [-0.1, -0.05) is 36.4 Å². The number of nitrogens with zero attached hydrogens (tertiary/aromatic N) is 2. The van der Waals surface area contributed by atoms with Gasteiger partial charge in [0.2, 0.25) is 11.8 Å². The number of hydrogen-bond acceptors (Lipinski definition) is 3. The van der Waals surface area contributed by atoms with Crippen molar-refractivity contribution in [3.05, 3.63) is 66.0 Å². The predicted octanol–water partition coefficient (Wildman–Crippen LogP) is 1.75. The highest BCUT2D eigenvalue weighted by Crippen LogP contribution is 2.20. The molecular weight excluding hydrogens is 290 g/mol. The second-order valence-electron chi connectivity index (χ2n) is 5.70. The number of carbonyl (C=O) groups excluding carboxylic acids is 2. The van der Waals surface area contributed by atoms with Gasteiger partial charge in [0, 0.05) is 25.7 Å². The SMILES string of the molecule is O=C(NCc1ccccn1)C1CC(=O)N(Cc2ccccc2)C1. The molecule has 2 aromatic rings. The molecule has 5 heteroatoms. The van der Waals surface area contributed by atoms with Gasteiger partial charge < -0.3 is 10.2 Å². The molecule has 2 heterocycles. The number of rotatable bonds is 5. The molecule has 1 unspecified atom stereocenters. The molecule has 0 aliphatic carbocycles. The Bertz CT molecular complexity index is 673. The van der Waals surface area contributed by atoms with Crippen LogP contribution in [0.25, 0.3) is 0 Å². The molecule has 0 spiro atoms. The maximum absolute atomic E-state index is 12.2. The van der Waals surface area contributed by atoms with Crippen molar-refractivity contribution in [2.75, 3.05) is 6.54 Å². The van der Waals surface area contributed by atoms with Crippen LogP contribution in [0.2, 0.25) is 0 Å². The van der Waals surface area contributed by atoms with Crippen molar-refractivity contribution in [3.8, 4) is 0 Å². The maximum Gasteiger partial charge on any atom is 0.225 e. The third kappa shape index (κ3) is 3.94. The largest absolute Gasteiger partial charge is 0.350 e. The summed E-state index contributed by atoms with van der Waals surface area (Å²) in [5.74, 6) is -0.332. The molecule has 0 saturated carbocycles. The first kappa shape index (κ1) is 15.2. The number of likely N-dealkylation sites (tertiary alicyclic amines) is 1. The van der Waals surface area contributed by atoms with Crippen LogP contribution in [0.3, 0.4) is 0 Å². The Labute approximate surface area is 135 Å². The van der Waals surface area contributed by atoms with Gasteiger partial charge in [0.1, 0.15) is 0 Å². The Morgan fingerprint density at radius 2 is 1.96 bits per heavy atom. The van der Waals surface area contributed by atoms with E-state index in [1.807, 2.05) is 48.5 Å². The number of hydrogen-bond donors (Lipinski definition) is 1. The second kappa shape index (κ2) is 7.05. The van der Waals surface area contributed by atoms with Crippen LogP contribution in [-0.2, 0) is 22.7 Å². The quantitative estimate of drug-likeness (QED) is 0.915. The van der Waals surface area contributed by atoms with E-state index in [1.165, 1.54) is 0 Å². The standard InChI is InChI=1S/C18H19N3O2/c22-17-10-15(13-21(17)12-14-6-2-1-3-7-14)18(23)20-11-16-8-4-5-9-19-16/h1-9,15H,10-13H2,(H,20,23). The molecule has 1 saturated heterocycles. The molecule has 3 rings (SSSR count). The molecule has 1 aliphatic heterocycles. The van der Waals surface area contributed by atoms with Gasteiger partial charge in [-0.15, -0.1) is 0 Å². The van der Waals surface area contributed by atoms with Crippen LogP contribution in [0, 0.1) is 5.92 Å². The van der Waals surface area contributed by atoms with Gasteiger partial charge in [-0.05, 0) is 17.7 Å². The fourth-order valence-electron chi connectivity index (χ4n) is 2.73. The Hall–Kier alpha value is -2.69. The number of carbonyl (C=O) groups is 2. The smallest absolute Gasteiger partial charge is 0.225 e. The van der Waals surface area contributed by atoms with E-state index in [4.69, 9.17) is 0 Å². The summed E-state index contributed by atoms with van der Waals surface area (Å²) < 4.78 is 0. The molecule has 1 aliphatic rings. The number of benzene rings is 1. The van der Waals surface area contributed by atoms with E-state index in [2.05, 4.69) is 10.3 Å². The number of aromatic nitrogens is 1. The maximum atomic E-state index is 12.2. The molecule has 1 fully saturated rings. The third-order valence-corrected chi connectivity index (χ3v) is 3.97. The molecule has 0 radical (unpaired) electrons. The molecule has 1 atom stereocenters. The summed E-state index contributed by atoms with van der Waals surface area (Å²) in [6.45, 7) is 1.43. The summed E-state index contributed by atoms with van der Waals surface area (Å²) in [5, 5.41) is 2.87. The van der Waals surface area contributed by atoms with Crippen LogP contribution in [0.4, 0.5) is 0 Å². The zero-order valence-corrected chi connectivity index (χ0v) is 12.8. The van der Waals surface area contributed by atoms with E-state index in [0.29, 0.717) is 19.6 Å². The molecule has 118 valence electrons. The van der Waals surface area contributed by atoms with Crippen molar-refractivity contribution in [1.29, 1.82) is 0 Å². The monoisotopic (exact) mass is 309 g/mol. The first-order valence-corrected chi connectivity index (χ1v) is 7.71. The first-order valence-electron chi connectivity index (χ1n) is 7.71. The minimum absolute atomic E-state index is 0.0341. The molecule has 23 heavy (non-hydrogen) atoms. The van der Waals surface area contributed by atoms with Crippen molar-refractivity contribution >= 4 is 11.8 Å². The lowest BCUT2D eigenvalue weighted by Gasteiger charge is -2.16. The average molecular weight is 309 g/mol. The van der Waals surface area contributed by atoms with Crippen LogP contribution < -0.4 is 5.32 Å². The summed E-state index contributed by atoms with van der Waals surface area (Å²) in [6, 6.07) is 15.4. The summed E-state index contributed by atoms with van der Waals surface area (Å²) in [7, 11) is 0. The van der Waals surface area contributed by atoms with Gasteiger partial charge in [-0.3, -0.25) is 14.6 Å². The van der Waals surface area contributed by atoms with E-state index < -0.39 is 0 Å². The Kier molecular flexibility index (Phi) is 4.66. The highest BCUT2D eigenvalue weighted by molar-refractivity contribution is 5.89. The van der Waals surface area contributed by atoms with E-state index in [9.17, 15) is 9.59 Å². The average Bonchev–Trinajstić information content (AvgIpc) is 2.95. The van der Waals surface area contributed by atoms with Crippen LogP contribution in [0.1, 0.15) is 17.7 Å². The zero-order valence-electron chi connectivity index (χ0n) is 12.8. The van der Waals surface area contributed by atoms with Gasteiger partial charge in [0.15, 0.2) is 0 Å². The highest BCUT2D eigenvalue weighted by atomic mass is 16.2. The molecule has 2 amide bonds. The van der Waals surface area contributed by atoms with E-state index in [1.54, 1.807) is 11.1 Å². The lowest BCUT2D eigenvalue weighted by atomic mass is 10.1. The normalized spacial score (nSPS) is 17.3. The van der Waals surface area contributed by atoms with Crippen molar-refractivity contribution in [1.82, 2.24) is 15.2 Å². The van der Waals surface area contributed by atoms with Crippen LogP contribution in [0.15, 0.2) is 54.7 Å². The summed E-state index contributed by atoms with van der Waals surface area (Å²) in [4.78, 5) is 30.3. The summed E-state index contributed by atoms with van der Waals surface area (Å²) in [6.07, 6.45) is 1.98. The summed E-state index contributed by atoms with van der Waals surface area (Å²) >= 11 is 0. The lowest BCUT2D eigenvalue weighted by Crippen LogP contribution is -2.32. The minimum atomic E-state index is -0.282. The van der Waals surface area contributed by atoms with Gasteiger partial charge in [0.25, 0.3) is 0 Å². The highest BCUT2D eigenvalue weighted by Gasteiger charge is 2.34. The predicted molar refractivity (Wildman–Crippen MR) is 86.0 cm³/mol. The first-order chi connectivity index (χ1) is 11.2.